The minimum atomic E-state index is -0.731. The Morgan fingerprint density at radius 3 is 2.71 bits per heavy atom. The smallest absolute Gasteiger partial charge is 0.251 e. The number of carbonyl (C=O) groups is 1. The Hall–Kier alpha value is -4.15. The predicted octanol–water partition coefficient (Wildman–Crippen LogP) is 2.81. The van der Waals surface area contributed by atoms with E-state index in [1.807, 2.05) is 19.3 Å². The number of amides is 1. The molecule has 0 radical (unpaired) electrons. The molecule has 1 aromatic carbocycles. The van der Waals surface area contributed by atoms with Crippen LogP contribution in [0.2, 0.25) is 0 Å². The van der Waals surface area contributed by atoms with Crippen LogP contribution in [0.5, 0.6) is 0 Å². The maximum absolute atomic E-state index is 15.2. The number of H-pyrrole nitrogens is 1. The van der Waals surface area contributed by atoms with Gasteiger partial charge in [-0.15, -0.1) is 0 Å². The first-order chi connectivity index (χ1) is 17.0. The number of aliphatic hydroxyl groups is 1. The Kier molecular flexibility index (Phi) is 5.05. The number of aryl methyl sites for hydroxylation is 1. The molecule has 9 nitrogen and oxygen atoms in total. The van der Waals surface area contributed by atoms with Crippen molar-refractivity contribution < 1.29 is 19.0 Å². The van der Waals surface area contributed by atoms with E-state index in [4.69, 9.17) is 4.74 Å². The van der Waals surface area contributed by atoms with E-state index in [0.717, 1.165) is 16.5 Å². The summed E-state index contributed by atoms with van der Waals surface area (Å²) in [5.41, 5.74) is 4.24. The highest BCUT2D eigenvalue weighted by Gasteiger charge is 2.28. The van der Waals surface area contributed by atoms with E-state index in [9.17, 15) is 9.90 Å². The first-order valence-electron chi connectivity index (χ1n) is 11.1. The first kappa shape index (κ1) is 21.4. The van der Waals surface area contributed by atoms with E-state index in [0.29, 0.717) is 33.4 Å². The van der Waals surface area contributed by atoms with Gasteiger partial charge >= 0.3 is 0 Å². The molecule has 2 atom stereocenters. The number of nitrogens with zero attached hydrogens (tertiary/aromatic N) is 4. The van der Waals surface area contributed by atoms with Gasteiger partial charge in [-0.25, -0.2) is 9.37 Å². The van der Waals surface area contributed by atoms with Gasteiger partial charge in [-0.1, -0.05) is 12.1 Å². The van der Waals surface area contributed by atoms with Crippen LogP contribution >= 0.6 is 0 Å². The molecule has 176 valence electrons. The molecular formula is C25H21FN6O3. The minimum absolute atomic E-state index is 0.198. The van der Waals surface area contributed by atoms with Crippen molar-refractivity contribution in [2.24, 2.45) is 7.05 Å². The van der Waals surface area contributed by atoms with Crippen LogP contribution < -0.4 is 5.32 Å². The first-order valence-corrected chi connectivity index (χ1v) is 11.1. The zero-order valence-electron chi connectivity index (χ0n) is 18.7. The Morgan fingerprint density at radius 2 is 2.00 bits per heavy atom. The quantitative estimate of drug-likeness (QED) is 0.370. The highest BCUT2D eigenvalue weighted by atomic mass is 19.1. The van der Waals surface area contributed by atoms with Gasteiger partial charge in [0.1, 0.15) is 11.5 Å². The van der Waals surface area contributed by atoms with Gasteiger partial charge in [0.05, 0.1) is 55.2 Å². The lowest BCUT2D eigenvalue weighted by atomic mass is 9.99. The second kappa shape index (κ2) is 8.26. The molecule has 1 aliphatic rings. The second-order valence-electron chi connectivity index (χ2n) is 8.61. The molecule has 0 unspecified atom stereocenters. The third-order valence-electron chi connectivity index (χ3n) is 6.26. The summed E-state index contributed by atoms with van der Waals surface area (Å²) in [6.45, 7) is 0.464. The zero-order chi connectivity index (χ0) is 24.1. The number of aromatic nitrogens is 5. The largest absolute Gasteiger partial charge is 0.388 e. The fraction of sp³-hybridized carbons (Fsp3) is 0.200. The molecular weight excluding hydrogens is 451 g/mol. The van der Waals surface area contributed by atoms with Crippen molar-refractivity contribution in [2.45, 2.75) is 12.1 Å². The van der Waals surface area contributed by atoms with Gasteiger partial charge in [-0.3, -0.25) is 14.5 Å². The maximum Gasteiger partial charge on any atom is 0.251 e. The highest BCUT2D eigenvalue weighted by molar-refractivity contribution is 6.13. The number of pyridine rings is 2. The molecule has 35 heavy (non-hydrogen) atoms. The molecule has 6 rings (SSSR count). The number of nitrogens with one attached hydrogen (secondary N) is 2. The molecule has 5 heterocycles. The van der Waals surface area contributed by atoms with Gasteiger partial charge < -0.3 is 20.1 Å². The topological polar surface area (TPSA) is 118 Å². The Morgan fingerprint density at radius 1 is 1.17 bits per heavy atom. The van der Waals surface area contributed by atoms with Crippen LogP contribution in [0.4, 0.5) is 4.39 Å². The molecule has 1 fully saturated rings. The van der Waals surface area contributed by atoms with Gasteiger partial charge in [0.2, 0.25) is 0 Å². The van der Waals surface area contributed by atoms with E-state index in [1.54, 1.807) is 41.3 Å². The molecule has 3 N–H and O–H groups in total. The van der Waals surface area contributed by atoms with Gasteiger partial charge in [0.15, 0.2) is 0 Å². The molecule has 5 aromatic rings. The zero-order valence-corrected chi connectivity index (χ0v) is 18.7. The van der Waals surface area contributed by atoms with E-state index >= 15 is 4.39 Å². The van der Waals surface area contributed by atoms with Crippen molar-refractivity contribution in [3.8, 4) is 22.4 Å². The van der Waals surface area contributed by atoms with Crippen molar-refractivity contribution in [1.82, 2.24) is 30.0 Å². The van der Waals surface area contributed by atoms with Crippen LogP contribution in [0.15, 0.2) is 55.1 Å². The molecule has 1 aliphatic heterocycles. The average molecular weight is 472 g/mol. The SMILES string of the molecule is Cn1cc(-c2cc3c(cn2)[nH]c2ncc(F)c(-c4ccc(C(=O)N[C@H]5COC[C@@H]5O)cc4)c23)cn1. The van der Waals surface area contributed by atoms with E-state index in [1.165, 1.54) is 6.20 Å². The van der Waals surface area contributed by atoms with E-state index in [-0.39, 0.29) is 19.1 Å². The number of aliphatic hydroxyl groups excluding tert-OH is 1. The van der Waals surface area contributed by atoms with E-state index < -0.39 is 18.0 Å². The lowest BCUT2D eigenvalue weighted by molar-refractivity contribution is 0.0886. The van der Waals surface area contributed by atoms with Crippen LogP contribution in [0.25, 0.3) is 44.3 Å². The monoisotopic (exact) mass is 472 g/mol. The van der Waals surface area contributed by atoms with Gasteiger partial charge in [-0.05, 0) is 23.8 Å². The molecule has 0 saturated carbocycles. The number of ether oxygens (including phenoxy) is 1. The molecule has 1 saturated heterocycles. The van der Waals surface area contributed by atoms with Crippen molar-refractivity contribution in [3.63, 3.8) is 0 Å². The van der Waals surface area contributed by atoms with Crippen molar-refractivity contribution in [2.75, 3.05) is 13.2 Å². The summed E-state index contributed by atoms with van der Waals surface area (Å²) < 4.78 is 22.1. The molecule has 0 aliphatic carbocycles. The van der Waals surface area contributed by atoms with Crippen LogP contribution in [0, 0.1) is 5.82 Å². The summed E-state index contributed by atoms with van der Waals surface area (Å²) in [6, 6.07) is 8.12. The molecule has 0 bridgehead atoms. The number of fused-ring (bicyclic) bond motifs is 3. The summed E-state index contributed by atoms with van der Waals surface area (Å²) in [4.78, 5) is 24.6. The number of halogens is 1. The lowest BCUT2D eigenvalue weighted by Gasteiger charge is -2.14. The molecule has 10 heteroatoms. The fourth-order valence-electron chi connectivity index (χ4n) is 4.45. The third kappa shape index (κ3) is 3.72. The number of hydrogen-bond donors (Lipinski definition) is 3. The van der Waals surface area contributed by atoms with Gasteiger partial charge in [0, 0.05) is 40.7 Å². The summed E-state index contributed by atoms with van der Waals surface area (Å²) in [5.74, 6) is -0.799. The van der Waals surface area contributed by atoms with Crippen molar-refractivity contribution in [3.05, 3.63) is 66.5 Å². The predicted molar refractivity (Wildman–Crippen MR) is 127 cm³/mol. The van der Waals surface area contributed by atoms with E-state index in [2.05, 4.69) is 25.4 Å². The number of benzene rings is 1. The summed E-state index contributed by atoms with van der Waals surface area (Å²) in [7, 11) is 1.83. The average Bonchev–Trinajstić information content (AvgIpc) is 3.57. The number of hydrogen-bond acceptors (Lipinski definition) is 6. The maximum atomic E-state index is 15.2. The lowest BCUT2D eigenvalue weighted by Crippen LogP contribution is -2.42. The standard InChI is InChI=1S/C25H21FN6O3/c1-32-10-15(7-29-32)18-6-16-19(9-27-18)30-24-23(16)22(17(26)8-28-24)13-2-4-14(5-3-13)25(34)31-20-11-35-12-21(20)33/h2-10,20-21,33H,11-12H2,1H3,(H,28,30)(H,31,34)/t20-,21-/m0/s1. The number of carbonyl (C=O) groups excluding carboxylic acids is 1. The van der Waals surface area contributed by atoms with Crippen LogP contribution in [-0.4, -0.2) is 61.1 Å². The Bertz CT molecular complexity index is 1580. The normalized spacial score (nSPS) is 17.9. The van der Waals surface area contributed by atoms with Crippen LogP contribution in [-0.2, 0) is 11.8 Å². The minimum Gasteiger partial charge on any atom is -0.388 e. The van der Waals surface area contributed by atoms with Crippen LogP contribution in [0.3, 0.4) is 0 Å². The van der Waals surface area contributed by atoms with Gasteiger partial charge in [-0.2, -0.15) is 5.10 Å². The molecule has 1 amide bonds. The fourth-order valence-corrected chi connectivity index (χ4v) is 4.45. The second-order valence-corrected chi connectivity index (χ2v) is 8.61. The third-order valence-corrected chi connectivity index (χ3v) is 6.26. The Balaban J connectivity index is 1.41. The number of aromatic amines is 1. The highest BCUT2D eigenvalue weighted by Crippen LogP contribution is 2.36. The molecule has 4 aromatic heterocycles. The van der Waals surface area contributed by atoms with Crippen molar-refractivity contribution >= 4 is 27.8 Å². The summed E-state index contributed by atoms with van der Waals surface area (Å²) >= 11 is 0. The Labute approximate surface area is 198 Å². The molecule has 0 spiro atoms. The van der Waals surface area contributed by atoms with Crippen molar-refractivity contribution in [1.29, 1.82) is 0 Å². The van der Waals surface area contributed by atoms with Crippen LogP contribution in [0.1, 0.15) is 10.4 Å². The number of rotatable bonds is 4. The van der Waals surface area contributed by atoms with Gasteiger partial charge in [0.25, 0.3) is 5.91 Å². The summed E-state index contributed by atoms with van der Waals surface area (Å²) in [6.07, 6.45) is 5.75. The summed E-state index contributed by atoms with van der Waals surface area (Å²) in [5, 5.41) is 18.3.